The van der Waals surface area contributed by atoms with E-state index in [4.69, 9.17) is 4.74 Å². The molecule has 0 bridgehead atoms. The van der Waals surface area contributed by atoms with Crippen LogP contribution in [0.25, 0.3) is 0 Å². The predicted molar refractivity (Wildman–Crippen MR) is 84.5 cm³/mol. The quantitative estimate of drug-likeness (QED) is 0.895. The zero-order valence-corrected chi connectivity index (χ0v) is 12.9. The molecule has 1 aliphatic rings. The number of thiophene rings is 1. The van der Waals surface area contributed by atoms with E-state index in [1.54, 1.807) is 12.0 Å². The summed E-state index contributed by atoms with van der Waals surface area (Å²) in [5.41, 5.74) is 2.83. The van der Waals surface area contributed by atoms with Crippen molar-refractivity contribution in [1.82, 2.24) is 5.32 Å². The zero-order valence-electron chi connectivity index (χ0n) is 12.1. The monoisotopic (exact) mass is 287 g/mol. The molecule has 0 spiro atoms. The molecule has 0 fully saturated rings. The fraction of sp³-hybridized carbons (Fsp3) is 0.412. The van der Waals surface area contributed by atoms with E-state index in [0.717, 1.165) is 5.75 Å². The van der Waals surface area contributed by atoms with Gasteiger partial charge in [-0.25, -0.2) is 0 Å². The normalized spacial score (nSPS) is 19.4. The Labute approximate surface area is 124 Å². The second kappa shape index (κ2) is 5.98. The minimum atomic E-state index is 0.358. The molecule has 0 aliphatic heterocycles. The molecule has 1 heterocycles. The van der Waals surface area contributed by atoms with Gasteiger partial charge in [-0.15, -0.1) is 11.3 Å². The Morgan fingerprint density at radius 1 is 1.25 bits per heavy atom. The van der Waals surface area contributed by atoms with Gasteiger partial charge in [-0.2, -0.15) is 0 Å². The zero-order chi connectivity index (χ0) is 13.9. The van der Waals surface area contributed by atoms with Crippen LogP contribution in [0.3, 0.4) is 0 Å². The fourth-order valence-corrected chi connectivity index (χ4v) is 3.94. The highest BCUT2D eigenvalue weighted by atomic mass is 32.1. The number of nitrogens with one attached hydrogen (secondary N) is 1. The molecular weight excluding hydrogens is 266 g/mol. The maximum Gasteiger partial charge on any atom is 0.118 e. The summed E-state index contributed by atoms with van der Waals surface area (Å²) >= 11 is 1.90. The van der Waals surface area contributed by atoms with Crippen molar-refractivity contribution in [3.05, 3.63) is 51.7 Å². The number of hydrogen-bond acceptors (Lipinski definition) is 3. The van der Waals surface area contributed by atoms with Crippen LogP contribution >= 0.6 is 11.3 Å². The van der Waals surface area contributed by atoms with Gasteiger partial charge < -0.3 is 10.1 Å². The Kier molecular flexibility index (Phi) is 4.08. The predicted octanol–water partition coefficient (Wildman–Crippen LogP) is 4.48. The summed E-state index contributed by atoms with van der Waals surface area (Å²) in [7, 11) is 1.71. The van der Waals surface area contributed by atoms with Crippen LogP contribution in [-0.2, 0) is 6.42 Å². The van der Waals surface area contributed by atoms with Crippen LogP contribution in [0, 0.1) is 0 Å². The first kappa shape index (κ1) is 13.7. The van der Waals surface area contributed by atoms with Gasteiger partial charge in [0.25, 0.3) is 0 Å². The molecule has 1 unspecified atom stereocenters. The van der Waals surface area contributed by atoms with Crippen molar-refractivity contribution in [2.75, 3.05) is 7.11 Å². The Balaban J connectivity index is 1.71. The lowest BCUT2D eigenvalue weighted by Crippen LogP contribution is -2.27. The molecule has 0 radical (unpaired) electrons. The Bertz CT molecular complexity index is 561. The Hall–Kier alpha value is -1.32. The number of aryl methyl sites for hydroxylation is 1. The molecule has 0 saturated carbocycles. The topological polar surface area (TPSA) is 21.3 Å². The third-order valence-corrected chi connectivity index (χ3v) is 5.12. The summed E-state index contributed by atoms with van der Waals surface area (Å²) in [5, 5.41) is 6.01. The van der Waals surface area contributed by atoms with Crippen molar-refractivity contribution in [3.8, 4) is 5.75 Å². The van der Waals surface area contributed by atoms with Crippen molar-refractivity contribution < 1.29 is 4.74 Å². The third kappa shape index (κ3) is 2.74. The SMILES string of the molecule is COc1ccc([C@H](C)NC2CCCc3sccc32)cc1. The van der Waals surface area contributed by atoms with Crippen molar-refractivity contribution in [2.24, 2.45) is 0 Å². The van der Waals surface area contributed by atoms with E-state index < -0.39 is 0 Å². The number of methoxy groups -OCH3 is 1. The standard InChI is InChI=1S/C17H21NOS/c1-12(13-6-8-14(19-2)9-7-13)18-16-4-3-5-17-15(16)10-11-20-17/h6-12,16,18H,3-5H2,1-2H3/t12-,16?/m0/s1. The Morgan fingerprint density at radius 3 is 2.80 bits per heavy atom. The van der Waals surface area contributed by atoms with E-state index in [-0.39, 0.29) is 0 Å². The molecule has 106 valence electrons. The van der Waals surface area contributed by atoms with E-state index >= 15 is 0 Å². The van der Waals surface area contributed by atoms with E-state index in [0.29, 0.717) is 12.1 Å². The van der Waals surface area contributed by atoms with Crippen LogP contribution in [0.5, 0.6) is 5.75 Å². The van der Waals surface area contributed by atoms with E-state index in [1.807, 2.05) is 23.5 Å². The molecule has 20 heavy (non-hydrogen) atoms. The average molecular weight is 287 g/mol. The first-order chi connectivity index (χ1) is 9.78. The molecule has 2 aromatic rings. The molecule has 0 amide bonds. The van der Waals surface area contributed by atoms with Crippen molar-refractivity contribution >= 4 is 11.3 Å². The number of benzene rings is 1. The number of hydrogen-bond donors (Lipinski definition) is 1. The minimum Gasteiger partial charge on any atom is -0.497 e. The van der Waals surface area contributed by atoms with Gasteiger partial charge in [-0.05, 0) is 60.9 Å². The lowest BCUT2D eigenvalue weighted by Gasteiger charge is -2.27. The lowest BCUT2D eigenvalue weighted by molar-refractivity contribution is 0.410. The second-order valence-corrected chi connectivity index (χ2v) is 6.41. The van der Waals surface area contributed by atoms with Gasteiger partial charge in [0, 0.05) is 17.0 Å². The van der Waals surface area contributed by atoms with Crippen LogP contribution in [0.4, 0.5) is 0 Å². The largest absolute Gasteiger partial charge is 0.497 e. The first-order valence-corrected chi connectivity index (χ1v) is 8.12. The van der Waals surface area contributed by atoms with Crippen molar-refractivity contribution in [1.29, 1.82) is 0 Å². The summed E-state index contributed by atoms with van der Waals surface area (Å²) in [6.45, 7) is 2.24. The molecule has 1 aliphatic carbocycles. The number of ether oxygens (including phenoxy) is 1. The number of fused-ring (bicyclic) bond motifs is 1. The molecule has 2 atom stereocenters. The van der Waals surface area contributed by atoms with Gasteiger partial charge in [0.1, 0.15) is 5.75 Å². The van der Waals surface area contributed by atoms with Crippen molar-refractivity contribution in [3.63, 3.8) is 0 Å². The summed E-state index contributed by atoms with van der Waals surface area (Å²) in [5.74, 6) is 0.915. The van der Waals surface area contributed by atoms with E-state index in [2.05, 4.69) is 35.8 Å². The van der Waals surface area contributed by atoms with Gasteiger partial charge in [-0.1, -0.05) is 12.1 Å². The first-order valence-electron chi connectivity index (χ1n) is 7.24. The summed E-state index contributed by atoms with van der Waals surface area (Å²) in [6.07, 6.45) is 3.78. The second-order valence-electron chi connectivity index (χ2n) is 5.41. The highest BCUT2D eigenvalue weighted by Gasteiger charge is 2.22. The Morgan fingerprint density at radius 2 is 2.05 bits per heavy atom. The van der Waals surface area contributed by atoms with Crippen LogP contribution in [-0.4, -0.2) is 7.11 Å². The van der Waals surface area contributed by atoms with E-state index in [9.17, 15) is 0 Å². The highest BCUT2D eigenvalue weighted by Crippen LogP contribution is 2.34. The smallest absolute Gasteiger partial charge is 0.118 e. The summed E-state index contributed by atoms with van der Waals surface area (Å²) < 4.78 is 5.22. The van der Waals surface area contributed by atoms with E-state index in [1.165, 1.54) is 30.4 Å². The molecule has 0 saturated heterocycles. The molecule has 3 heteroatoms. The van der Waals surface area contributed by atoms with Gasteiger partial charge >= 0.3 is 0 Å². The van der Waals surface area contributed by atoms with Crippen molar-refractivity contribution in [2.45, 2.75) is 38.3 Å². The maximum absolute atomic E-state index is 5.22. The van der Waals surface area contributed by atoms with Gasteiger partial charge in [0.2, 0.25) is 0 Å². The number of rotatable bonds is 4. The minimum absolute atomic E-state index is 0.358. The molecular formula is C17H21NOS. The molecule has 1 N–H and O–H groups in total. The lowest BCUT2D eigenvalue weighted by atomic mass is 9.93. The van der Waals surface area contributed by atoms with Crippen LogP contribution in [0.2, 0.25) is 0 Å². The van der Waals surface area contributed by atoms with Crippen LogP contribution in [0.15, 0.2) is 35.7 Å². The average Bonchev–Trinajstić information content (AvgIpc) is 2.97. The van der Waals surface area contributed by atoms with Gasteiger partial charge in [0.05, 0.1) is 7.11 Å². The van der Waals surface area contributed by atoms with Gasteiger partial charge in [-0.3, -0.25) is 0 Å². The van der Waals surface area contributed by atoms with Gasteiger partial charge in [0.15, 0.2) is 0 Å². The molecule has 1 aromatic heterocycles. The molecule has 1 aromatic carbocycles. The third-order valence-electron chi connectivity index (χ3n) is 4.12. The van der Waals surface area contributed by atoms with Crippen LogP contribution in [0.1, 0.15) is 47.9 Å². The highest BCUT2D eigenvalue weighted by molar-refractivity contribution is 7.10. The fourth-order valence-electron chi connectivity index (χ4n) is 2.95. The summed E-state index contributed by atoms with van der Waals surface area (Å²) in [4.78, 5) is 1.57. The molecule has 3 rings (SSSR count). The molecule has 2 nitrogen and oxygen atoms in total. The maximum atomic E-state index is 5.22. The summed E-state index contributed by atoms with van der Waals surface area (Å²) in [6, 6.07) is 11.5. The van der Waals surface area contributed by atoms with Crippen LogP contribution < -0.4 is 10.1 Å².